The Bertz CT molecular complexity index is 952. The zero-order valence-corrected chi connectivity index (χ0v) is 17.2. The maximum atomic E-state index is 12.7. The number of nitro benzene ring substituents is 2. The molecule has 12 nitrogen and oxygen atoms in total. The minimum absolute atomic E-state index is 0.120. The van der Waals surface area contributed by atoms with Gasteiger partial charge in [0.1, 0.15) is 5.69 Å². The number of amides is 1. The molecule has 0 saturated carbocycles. The minimum Gasteiger partial charge on any atom is -0.490 e. The van der Waals surface area contributed by atoms with Gasteiger partial charge < -0.3 is 14.2 Å². The van der Waals surface area contributed by atoms with E-state index in [9.17, 15) is 25.0 Å². The van der Waals surface area contributed by atoms with Gasteiger partial charge in [0.2, 0.25) is 5.75 Å². The van der Waals surface area contributed by atoms with Crippen LogP contribution in [0.2, 0.25) is 0 Å². The van der Waals surface area contributed by atoms with E-state index < -0.39 is 27.1 Å². The summed E-state index contributed by atoms with van der Waals surface area (Å²) in [4.78, 5) is 33.2. The van der Waals surface area contributed by atoms with Crippen LogP contribution in [0.25, 0.3) is 0 Å². The normalized spacial score (nSPS) is 10.2. The van der Waals surface area contributed by atoms with Crippen LogP contribution >= 0.6 is 0 Å². The molecular weight excluding hydrogens is 412 g/mol. The van der Waals surface area contributed by atoms with Gasteiger partial charge in [-0.25, -0.2) is 0 Å². The second-order valence-electron chi connectivity index (χ2n) is 5.90. The Morgan fingerprint density at radius 3 is 1.97 bits per heavy atom. The predicted octanol–water partition coefficient (Wildman–Crippen LogP) is 3.46. The summed E-state index contributed by atoms with van der Waals surface area (Å²) in [6.07, 6.45) is 0. The van der Waals surface area contributed by atoms with Gasteiger partial charge in [0.15, 0.2) is 11.5 Å². The maximum Gasteiger partial charge on any atom is 0.300 e. The van der Waals surface area contributed by atoms with Crippen LogP contribution in [0.5, 0.6) is 17.2 Å². The summed E-state index contributed by atoms with van der Waals surface area (Å²) in [5, 5.41) is 22.1. The number of non-ortho nitro benzene ring substituents is 1. The number of rotatable bonds is 11. The van der Waals surface area contributed by atoms with Gasteiger partial charge in [0.05, 0.1) is 35.7 Å². The molecular formula is C19H22N4O8. The van der Waals surface area contributed by atoms with Crippen molar-refractivity contribution in [2.24, 2.45) is 0 Å². The number of hydrogen-bond acceptors (Lipinski definition) is 9. The van der Waals surface area contributed by atoms with Crippen molar-refractivity contribution in [1.29, 1.82) is 0 Å². The predicted molar refractivity (Wildman–Crippen MR) is 111 cm³/mol. The largest absolute Gasteiger partial charge is 0.490 e. The first-order valence-corrected chi connectivity index (χ1v) is 9.37. The van der Waals surface area contributed by atoms with E-state index in [-0.39, 0.29) is 11.3 Å². The highest BCUT2D eigenvalue weighted by molar-refractivity contribution is 5.96. The van der Waals surface area contributed by atoms with Gasteiger partial charge in [-0.15, -0.1) is 0 Å². The Morgan fingerprint density at radius 2 is 1.48 bits per heavy atom. The molecule has 0 atom stereocenters. The average molecular weight is 434 g/mol. The van der Waals surface area contributed by atoms with E-state index in [0.29, 0.717) is 37.1 Å². The second-order valence-corrected chi connectivity index (χ2v) is 5.90. The van der Waals surface area contributed by atoms with Crippen LogP contribution < -0.4 is 25.1 Å². The first-order valence-electron chi connectivity index (χ1n) is 9.37. The Hall–Kier alpha value is -4.09. The number of nitrogens with one attached hydrogen (secondary N) is 2. The third-order valence-electron chi connectivity index (χ3n) is 3.87. The van der Waals surface area contributed by atoms with Gasteiger partial charge in [-0.05, 0) is 39.0 Å². The van der Waals surface area contributed by atoms with Crippen molar-refractivity contribution in [3.05, 3.63) is 56.1 Å². The highest BCUT2D eigenvalue weighted by Crippen LogP contribution is 2.39. The maximum absolute atomic E-state index is 12.7. The SMILES string of the molecule is CCOc1cc(C(=O)NNc2ccc([N+](=O)[O-])cc2[N+](=O)[O-])cc(OCC)c1OCC. The molecule has 2 N–H and O–H groups in total. The number of benzene rings is 2. The Labute approximate surface area is 177 Å². The summed E-state index contributed by atoms with van der Waals surface area (Å²) in [7, 11) is 0. The van der Waals surface area contributed by atoms with Gasteiger partial charge >= 0.3 is 5.69 Å². The number of carbonyl (C=O) groups excluding carboxylic acids is 1. The summed E-state index contributed by atoms with van der Waals surface area (Å²) in [6.45, 7) is 6.36. The fourth-order valence-electron chi connectivity index (χ4n) is 2.61. The first-order chi connectivity index (χ1) is 14.8. The summed E-state index contributed by atoms with van der Waals surface area (Å²) < 4.78 is 16.7. The first kappa shape index (κ1) is 23.2. The van der Waals surface area contributed by atoms with Crippen LogP contribution in [0, 0.1) is 20.2 Å². The Balaban J connectivity index is 2.31. The van der Waals surface area contributed by atoms with Gasteiger partial charge in [-0.1, -0.05) is 0 Å². The monoisotopic (exact) mass is 434 g/mol. The number of ether oxygens (including phenoxy) is 3. The fraction of sp³-hybridized carbons (Fsp3) is 0.316. The number of carbonyl (C=O) groups is 1. The molecule has 0 unspecified atom stereocenters. The van der Waals surface area contributed by atoms with Crippen LogP contribution in [-0.4, -0.2) is 35.6 Å². The molecule has 0 bridgehead atoms. The molecule has 2 rings (SSSR count). The van der Waals surface area contributed by atoms with Crippen molar-refractivity contribution in [1.82, 2.24) is 5.43 Å². The lowest BCUT2D eigenvalue weighted by Gasteiger charge is -2.17. The standard InChI is InChI=1S/C19H22N4O8/c1-4-29-16-9-12(10-17(30-5-2)18(16)31-6-3)19(24)21-20-14-8-7-13(22(25)26)11-15(14)23(27)28/h7-11,20H,4-6H2,1-3H3,(H,21,24). The highest BCUT2D eigenvalue weighted by Gasteiger charge is 2.21. The lowest BCUT2D eigenvalue weighted by atomic mass is 10.1. The second kappa shape index (κ2) is 10.6. The molecule has 1 amide bonds. The van der Waals surface area contributed by atoms with Crippen molar-refractivity contribution in [3.8, 4) is 17.2 Å². The molecule has 0 saturated heterocycles. The lowest BCUT2D eigenvalue weighted by molar-refractivity contribution is -0.393. The summed E-state index contributed by atoms with van der Waals surface area (Å²) in [5.41, 5.74) is 3.77. The molecule has 31 heavy (non-hydrogen) atoms. The number of nitro groups is 2. The van der Waals surface area contributed by atoms with Crippen molar-refractivity contribution in [2.45, 2.75) is 20.8 Å². The molecule has 0 spiro atoms. The van der Waals surface area contributed by atoms with Crippen LogP contribution in [0.4, 0.5) is 17.1 Å². The van der Waals surface area contributed by atoms with Crippen molar-refractivity contribution in [3.63, 3.8) is 0 Å². The van der Waals surface area contributed by atoms with Crippen molar-refractivity contribution in [2.75, 3.05) is 25.2 Å². The zero-order chi connectivity index (χ0) is 23.0. The van der Waals surface area contributed by atoms with E-state index in [2.05, 4.69) is 10.9 Å². The van der Waals surface area contributed by atoms with Crippen LogP contribution in [0.1, 0.15) is 31.1 Å². The third-order valence-corrected chi connectivity index (χ3v) is 3.87. The van der Waals surface area contributed by atoms with E-state index in [1.54, 1.807) is 20.8 Å². The fourth-order valence-corrected chi connectivity index (χ4v) is 2.61. The summed E-state index contributed by atoms with van der Waals surface area (Å²) >= 11 is 0. The van der Waals surface area contributed by atoms with Gasteiger partial charge in [0, 0.05) is 11.6 Å². The molecule has 2 aromatic rings. The van der Waals surface area contributed by atoms with Crippen LogP contribution in [0.15, 0.2) is 30.3 Å². The number of hydrogen-bond donors (Lipinski definition) is 2. The molecule has 0 radical (unpaired) electrons. The lowest BCUT2D eigenvalue weighted by Crippen LogP contribution is -2.29. The molecule has 0 aromatic heterocycles. The highest BCUT2D eigenvalue weighted by atomic mass is 16.6. The van der Waals surface area contributed by atoms with Crippen LogP contribution in [0.3, 0.4) is 0 Å². The number of nitrogens with zero attached hydrogens (tertiary/aromatic N) is 2. The zero-order valence-electron chi connectivity index (χ0n) is 17.2. The number of hydrazine groups is 1. The molecule has 2 aromatic carbocycles. The quantitative estimate of drug-likeness (QED) is 0.399. The minimum atomic E-state index is -0.793. The Morgan fingerprint density at radius 1 is 0.903 bits per heavy atom. The van der Waals surface area contributed by atoms with E-state index >= 15 is 0 Å². The molecule has 166 valence electrons. The molecule has 0 heterocycles. The molecule has 0 aliphatic heterocycles. The van der Waals surface area contributed by atoms with E-state index in [0.717, 1.165) is 18.2 Å². The van der Waals surface area contributed by atoms with E-state index in [4.69, 9.17) is 14.2 Å². The number of anilines is 1. The average Bonchev–Trinajstić information content (AvgIpc) is 2.74. The molecule has 0 aliphatic carbocycles. The topological polar surface area (TPSA) is 155 Å². The van der Waals surface area contributed by atoms with Gasteiger partial charge in [0.25, 0.3) is 11.6 Å². The molecule has 0 fully saturated rings. The third kappa shape index (κ3) is 5.72. The van der Waals surface area contributed by atoms with Crippen molar-refractivity contribution < 1.29 is 28.9 Å². The Kier molecular flexibility index (Phi) is 7.94. The summed E-state index contributed by atoms with van der Waals surface area (Å²) in [6, 6.07) is 5.92. The van der Waals surface area contributed by atoms with Crippen LogP contribution in [-0.2, 0) is 0 Å². The van der Waals surface area contributed by atoms with Crippen molar-refractivity contribution >= 4 is 23.0 Å². The molecule has 0 aliphatic rings. The van der Waals surface area contributed by atoms with E-state index in [1.807, 2.05) is 0 Å². The van der Waals surface area contributed by atoms with Gasteiger partial charge in [-0.3, -0.25) is 35.9 Å². The van der Waals surface area contributed by atoms with Gasteiger partial charge in [-0.2, -0.15) is 0 Å². The summed E-state index contributed by atoms with van der Waals surface area (Å²) in [5.74, 6) is 0.336. The molecule has 12 heteroatoms. The van der Waals surface area contributed by atoms with E-state index in [1.165, 1.54) is 12.1 Å². The smallest absolute Gasteiger partial charge is 0.300 e.